The number of para-hydroxylation sites is 2. The van der Waals surface area contributed by atoms with Crippen LogP contribution in [-0.2, 0) is 4.79 Å². The van der Waals surface area contributed by atoms with Crippen LogP contribution in [0.4, 0.5) is 14.5 Å². The monoisotopic (exact) mass is 453 g/mol. The van der Waals surface area contributed by atoms with E-state index in [1.54, 1.807) is 24.3 Å². The molecule has 1 aromatic carbocycles. The van der Waals surface area contributed by atoms with Gasteiger partial charge < -0.3 is 20.3 Å². The van der Waals surface area contributed by atoms with Crippen molar-refractivity contribution in [2.45, 2.75) is 45.3 Å². The molecule has 1 amide bonds. The van der Waals surface area contributed by atoms with E-state index in [0.29, 0.717) is 37.0 Å². The first-order valence-electron chi connectivity index (χ1n) is 9.82. The van der Waals surface area contributed by atoms with E-state index in [1.165, 1.54) is 12.8 Å². The molecule has 2 saturated heterocycles. The van der Waals surface area contributed by atoms with E-state index in [2.05, 4.69) is 22.3 Å². The van der Waals surface area contributed by atoms with Crippen LogP contribution in [0, 0.1) is 11.8 Å². The quantitative estimate of drug-likeness (QED) is 0.657. The van der Waals surface area contributed by atoms with Crippen molar-refractivity contribution in [2.75, 3.05) is 31.1 Å². The molecular weight excluding hydrogens is 423 g/mol. The van der Waals surface area contributed by atoms with E-state index in [4.69, 9.17) is 0 Å². The standard InChI is InChI=1S/C20H29F2N3O2.2ClH/c1-14(15-5-4-9-23-12-15)11-19(26)24-16-8-10-25(13-16)17-6-2-3-7-18(17)27-20(21)22;;/h2-3,6-7,14-16,20,23H,4-5,8-13H2,1H3,(H,24,26);2*1H. The molecule has 0 aromatic heterocycles. The van der Waals surface area contributed by atoms with Crippen LogP contribution in [0.5, 0.6) is 5.75 Å². The van der Waals surface area contributed by atoms with Gasteiger partial charge in [0.15, 0.2) is 0 Å². The lowest BCUT2D eigenvalue weighted by molar-refractivity contribution is -0.122. The molecule has 5 nitrogen and oxygen atoms in total. The molecule has 0 bridgehead atoms. The number of benzene rings is 1. The Morgan fingerprint density at radius 3 is 2.76 bits per heavy atom. The number of piperidine rings is 1. The molecule has 2 heterocycles. The Hall–Kier alpha value is -1.31. The summed E-state index contributed by atoms with van der Waals surface area (Å²) >= 11 is 0. The maximum absolute atomic E-state index is 12.6. The summed E-state index contributed by atoms with van der Waals surface area (Å²) in [4.78, 5) is 14.4. The summed E-state index contributed by atoms with van der Waals surface area (Å²) in [5.41, 5.74) is 0.649. The van der Waals surface area contributed by atoms with E-state index in [0.717, 1.165) is 19.5 Å². The van der Waals surface area contributed by atoms with Gasteiger partial charge in [-0.15, -0.1) is 24.8 Å². The van der Waals surface area contributed by atoms with Crippen LogP contribution in [-0.4, -0.2) is 44.7 Å². The van der Waals surface area contributed by atoms with Crippen molar-refractivity contribution in [1.29, 1.82) is 0 Å². The Morgan fingerprint density at radius 1 is 1.31 bits per heavy atom. The van der Waals surface area contributed by atoms with Crippen LogP contribution < -0.4 is 20.3 Å². The van der Waals surface area contributed by atoms with Crippen LogP contribution >= 0.6 is 24.8 Å². The predicted octanol–water partition coefficient (Wildman–Crippen LogP) is 3.85. The summed E-state index contributed by atoms with van der Waals surface area (Å²) in [6.07, 6.45) is 3.69. The van der Waals surface area contributed by atoms with Gasteiger partial charge in [-0.1, -0.05) is 19.1 Å². The first-order valence-corrected chi connectivity index (χ1v) is 9.82. The van der Waals surface area contributed by atoms with Gasteiger partial charge in [-0.3, -0.25) is 4.79 Å². The number of alkyl halides is 2. The van der Waals surface area contributed by atoms with Gasteiger partial charge in [0.05, 0.1) is 5.69 Å². The molecule has 9 heteroatoms. The predicted molar refractivity (Wildman–Crippen MR) is 116 cm³/mol. The number of ether oxygens (including phenoxy) is 1. The Bertz CT molecular complexity index is 633. The molecule has 0 aliphatic carbocycles. The van der Waals surface area contributed by atoms with Crippen molar-refractivity contribution in [3.8, 4) is 5.75 Å². The number of nitrogens with one attached hydrogen (secondary N) is 2. The molecule has 29 heavy (non-hydrogen) atoms. The molecule has 0 radical (unpaired) electrons. The van der Waals surface area contributed by atoms with E-state index < -0.39 is 6.61 Å². The lowest BCUT2D eigenvalue weighted by Gasteiger charge is -2.28. The SMILES string of the molecule is CC(CC(=O)NC1CCN(c2ccccc2OC(F)F)C1)C1CCCNC1.Cl.Cl. The molecule has 2 N–H and O–H groups in total. The fourth-order valence-corrected chi connectivity index (χ4v) is 4.12. The number of halogens is 4. The van der Waals surface area contributed by atoms with Crippen molar-refractivity contribution in [3.63, 3.8) is 0 Å². The first-order chi connectivity index (χ1) is 13.0. The summed E-state index contributed by atoms with van der Waals surface area (Å²) in [5.74, 6) is 1.17. The normalized spacial score (nSPS) is 22.4. The minimum atomic E-state index is -2.85. The molecule has 3 atom stereocenters. The molecule has 1 aromatic rings. The summed E-state index contributed by atoms with van der Waals surface area (Å²) in [6, 6.07) is 6.85. The maximum atomic E-state index is 12.6. The molecule has 0 saturated carbocycles. The number of hydrogen-bond donors (Lipinski definition) is 2. The van der Waals surface area contributed by atoms with Crippen LogP contribution in [0.3, 0.4) is 0 Å². The maximum Gasteiger partial charge on any atom is 0.387 e. The molecule has 3 unspecified atom stereocenters. The zero-order valence-corrected chi connectivity index (χ0v) is 18.2. The van der Waals surface area contributed by atoms with Crippen LogP contribution in [0.15, 0.2) is 24.3 Å². The van der Waals surface area contributed by atoms with Crippen molar-refractivity contribution >= 4 is 36.4 Å². The van der Waals surface area contributed by atoms with Crippen LogP contribution in [0.2, 0.25) is 0 Å². The summed E-state index contributed by atoms with van der Waals surface area (Å²) in [6.45, 7) is 2.68. The largest absolute Gasteiger partial charge is 0.433 e. The molecule has 3 rings (SSSR count). The number of carbonyl (C=O) groups is 1. The summed E-state index contributed by atoms with van der Waals surface area (Å²) in [7, 11) is 0. The highest BCUT2D eigenvalue weighted by Gasteiger charge is 2.28. The van der Waals surface area contributed by atoms with E-state index >= 15 is 0 Å². The van der Waals surface area contributed by atoms with Gasteiger partial charge in [0.2, 0.25) is 5.91 Å². The van der Waals surface area contributed by atoms with Crippen molar-refractivity contribution in [3.05, 3.63) is 24.3 Å². The van der Waals surface area contributed by atoms with Gasteiger partial charge in [0, 0.05) is 25.6 Å². The summed E-state index contributed by atoms with van der Waals surface area (Å²) in [5, 5.41) is 6.52. The zero-order valence-electron chi connectivity index (χ0n) is 16.6. The molecule has 2 aliphatic heterocycles. The van der Waals surface area contributed by atoms with Gasteiger partial charge in [-0.25, -0.2) is 0 Å². The third-order valence-electron chi connectivity index (χ3n) is 5.62. The van der Waals surface area contributed by atoms with Gasteiger partial charge >= 0.3 is 6.61 Å². The smallest absolute Gasteiger partial charge is 0.387 e. The average molecular weight is 454 g/mol. The minimum absolute atomic E-state index is 0. The fraction of sp³-hybridized carbons (Fsp3) is 0.650. The first kappa shape index (κ1) is 25.7. The van der Waals surface area contributed by atoms with Crippen molar-refractivity contribution < 1.29 is 18.3 Å². The Kier molecular flexibility index (Phi) is 11.0. The van der Waals surface area contributed by atoms with Gasteiger partial charge in [0.1, 0.15) is 5.75 Å². The highest BCUT2D eigenvalue weighted by Crippen LogP contribution is 2.32. The number of carbonyl (C=O) groups excluding carboxylic acids is 1. The highest BCUT2D eigenvalue weighted by atomic mass is 35.5. The second-order valence-corrected chi connectivity index (χ2v) is 7.63. The Labute approximate surface area is 183 Å². The van der Waals surface area contributed by atoms with E-state index in [1.807, 2.05) is 4.90 Å². The third-order valence-corrected chi connectivity index (χ3v) is 5.62. The van der Waals surface area contributed by atoms with Gasteiger partial charge in [-0.2, -0.15) is 8.78 Å². The van der Waals surface area contributed by atoms with Crippen molar-refractivity contribution in [1.82, 2.24) is 10.6 Å². The summed E-state index contributed by atoms with van der Waals surface area (Å²) < 4.78 is 29.8. The third kappa shape index (κ3) is 7.46. The molecule has 0 spiro atoms. The minimum Gasteiger partial charge on any atom is -0.433 e. The number of rotatable bonds is 7. The Balaban J connectivity index is 0.00000210. The molecule has 2 aliphatic rings. The van der Waals surface area contributed by atoms with E-state index in [-0.39, 0.29) is 42.5 Å². The van der Waals surface area contributed by atoms with E-state index in [9.17, 15) is 13.6 Å². The average Bonchev–Trinajstić information content (AvgIpc) is 3.10. The van der Waals surface area contributed by atoms with Crippen LogP contribution in [0.1, 0.15) is 32.6 Å². The number of hydrogen-bond acceptors (Lipinski definition) is 4. The highest BCUT2D eigenvalue weighted by molar-refractivity contribution is 5.85. The second-order valence-electron chi connectivity index (χ2n) is 7.63. The zero-order chi connectivity index (χ0) is 19.2. The molecule has 166 valence electrons. The van der Waals surface area contributed by atoms with Gasteiger partial charge in [-0.05, 0) is 56.3 Å². The van der Waals surface area contributed by atoms with Gasteiger partial charge in [0.25, 0.3) is 0 Å². The molecule has 2 fully saturated rings. The second kappa shape index (κ2) is 12.4. The van der Waals surface area contributed by atoms with Crippen molar-refractivity contribution in [2.24, 2.45) is 11.8 Å². The lowest BCUT2D eigenvalue weighted by Crippen LogP contribution is -2.40. The Morgan fingerprint density at radius 2 is 2.07 bits per heavy atom. The van der Waals surface area contributed by atoms with Crippen LogP contribution in [0.25, 0.3) is 0 Å². The number of amides is 1. The lowest BCUT2D eigenvalue weighted by atomic mass is 9.85. The fourth-order valence-electron chi connectivity index (χ4n) is 4.12. The number of anilines is 1. The number of nitrogens with zero attached hydrogens (tertiary/aromatic N) is 1. The molecular formula is C20H31Cl2F2N3O2. The topological polar surface area (TPSA) is 53.6 Å².